The number of hydrogen-bond acceptors (Lipinski definition) is 5. The molecule has 2 aromatic rings. The Morgan fingerprint density at radius 3 is 2.95 bits per heavy atom. The molecule has 5 nitrogen and oxygen atoms in total. The first-order chi connectivity index (χ1) is 9.06. The number of H-pyrrole nitrogens is 1. The van der Waals surface area contributed by atoms with Crippen LogP contribution in [0.2, 0.25) is 0 Å². The molecule has 2 aromatic heterocycles. The van der Waals surface area contributed by atoms with E-state index in [9.17, 15) is 4.79 Å². The van der Waals surface area contributed by atoms with Gasteiger partial charge >= 0.3 is 0 Å². The molecule has 0 aliphatic heterocycles. The third-order valence-corrected chi connectivity index (χ3v) is 3.56. The number of thiophene rings is 1. The lowest BCUT2D eigenvalue weighted by atomic mass is 10.1. The summed E-state index contributed by atoms with van der Waals surface area (Å²) in [6, 6.07) is 3.54. The highest BCUT2D eigenvalue weighted by molar-refractivity contribution is 7.11. The fourth-order valence-corrected chi connectivity index (χ4v) is 2.28. The summed E-state index contributed by atoms with van der Waals surface area (Å²) in [5.74, 6) is 0.563. The van der Waals surface area contributed by atoms with Gasteiger partial charge in [-0.1, -0.05) is 13.8 Å². The van der Waals surface area contributed by atoms with Gasteiger partial charge in [0.05, 0.1) is 11.9 Å². The summed E-state index contributed by atoms with van der Waals surface area (Å²) in [6.07, 6.45) is 1.72. The predicted octanol–water partition coefficient (Wildman–Crippen LogP) is 2.71. The molecule has 0 spiro atoms. The molecular formula is C13H16N4OS. The van der Waals surface area contributed by atoms with E-state index in [-0.39, 0.29) is 11.5 Å². The summed E-state index contributed by atoms with van der Waals surface area (Å²) in [7, 11) is 0. The van der Waals surface area contributed by atoms with Gasteiger partial charge in [0, 0.05) is 10.9 Å². The summed E-state index contributed by atoms with van der Waals surface area (Å²) < 4.78 is 0. The van der Waals surface area contributed by atoms with Crippen molar-refractivity contribution in [3.05, 3.63) is 44.0 Å². The van der Waals surface area contributed by atoms with E-state index in [1.54, 1.807) is 17.6 Å². The summed E-state index contributed by atoms with van der Waals surface area (Å²) in [6.45, 7) is 6.00. The number of aromatic amines is 1. The first kappa shape index (κ1) is 13.5. The van der Waals surface area contributed by atoms with Gasteiger partial charge in [0.2, 0.25) is 5.95 Å². The zero-order valence-electron chi connectivity index (χ0n) is 11.1. The van der Waals surface area contributed by atoms with Gasteiger partial charge in [-0.15, -0.1) is 11.3 Å². The third-order valence-electron chi connectivity index (χ3n) is 2.61. The van der Waals surface area contributed by atoms with Crippen molar-refractivity contribution in [2.24, 2.45) is 5.10 Å². The molecule has 0 saturated heterocycles. The zero-order chi connectivity index (χ0) is 13.8. The van der Waals surface area contributed by atoms with Gasteiger partial charge < -0.3 is 0 Å². The van der Waals surface area contributed by atoms with E-state index in [0.29, 0.717) is 5.95 Å². The van der Waals surface area contributed by atoms with E-state index in [4.69, 9.17) is 0 Å². The van der Waals surface area contributed by atoms with Crippen molar-refractivity contribution in [1.29, 1.82) is 0 Å². The minimum absolute atomic E-state index is 0.177. The number of anilines is 1. The fourth-order valence-electron chi connectivity index (χ4n) is 1.49. The van der Waals surface area contributed by atoms with E-state index in [1.165, 1.54) is 11.6 Å². The minimum atomic E-state index is -0.177. The molecule has 0 amide bonds. The smallest absolute Gasteiger partial charge is 0.252 e. The monoisotopic (exact) mass is 276 g/mol. The van der Waals surface area contributed by atoms with Crippen LogP contribution in [-0.4, -0.2) is 16.2 Å². The van der Waals surface area contributed by atoms with Crippen LogP contribution < -0.4 is 11.0 Å². The zero-order valence-corrected chi connectivity index (χ0v) is 11.9. The van der Waals surface area contributed by atoms with Gasteiger partial charge in [0.25, 0.3) is 5.56 Å². The average molecular weight is 276 g/mol. The molecule has 0 aromatic carbocycles. The molecule has 2 rings (SSSR count). The van der Waals surface area contributed by atoms with Crippen molar-refractivity contribution >= 4 is 23.5 Å². The van der Waals surface area contributed by atoms with Crippen molar-refractivity contribution in [2.75, 3.05) is 5.43 Å². The lowest BCUT2D eigenvalue weighted by molar-refractivity contribution is 0.810. The molecular weight excluding hydrogens is 260 g/mol. The first-order valence-corrected chi connectivity index (χ1v) is 6.88. The van der Waals surface area contributed by atoms with E-state index in [1.807, 2.05) is 32.2 Å². The Hall–Kier alpha value is -1.95. The molecule has 0 unspecified atom stereocenters. The van der Waals surface area contributed by atoms with Gasteiger partial charge in [0.1, 0.15) is 0 Å². The van der Waals surface area contributed by atoms with Crippen molar-refractivity contribution in [1.82, 2.24) is 9.97 Å². The number of aryl methyl sites for hydroxylation is 1. The van der Waals surface area contributed by atoms with Crippen molar-refractivity contribution in [3.63, 3.8) is 0 Å². The highest BCUT2D eigenvalue weighted by Crippen LogP contribution is 2.13. The molecule has 0 bridgehead atoms. The molecule has 0 fully saturated rings. The van der Waals surface area contributed by atoms with Crippen molar-refractivity contribution in [2.45, 2.75) is 26.7 Å². The Morgan fingerprint density at radius 1 is 1.53 bits per heavy atom. The van der Waals surface area contributed by atoms with Crippen LogP contribution in [0.3, 0.4) is 0 Å². The standard InChI is InChI=1S/C13H16N4OS/c1-8(2)10-6-12(18)16-13(15-10)17-14-7-11-9(3)4-5-19-11/h4-8H,1-3H3,(H2,15,16,17,18)/b14-7-. The Labute approximate surface area is 115 Å². The summed E-state index contributed by atoms with van der Waals surface area (Å²) in [5.41, 5.74) is 4.50. The van der Waals surface area contributed by atoms with Crippen LogP contribution in [0, 0.1) is 6.92 Å². The molecule has 0 aliphatic rings. The SMILES string of the molecule is Cc1ccsc1/C=N\Nc1nc(C(C)C)cc(=O)[nH]1. The number of nitrogens with zero attached hydrogens (tertiary/aromatic N) is 2. The molecule has 100 valence electrons. The molecule has 0 saturated carbocycles. The van der Waals surface area contributed by atoms with E-state index in [2.05, 4.69) is 20.5 Å². The first-order valence-electron chi connectivity index (χ1n) is 6.00. The largest absolute Gasteiger partial charge is 0.291 e. The van der Waals surface area contributed by atoms with E-state index in [0.717, 1.165) is 10.6 Å². The minimum Gasteiger partial charge on any atom is -0.291 e. The summed E-state index contributed by atoms with van der Waals surface area (Å²) in [4.78, 5) is 19.5. The Kier molecular flexibility index (Phi) is 4.11. The maximum absolute atomic E-state index is 11.5. The molecule has 0 atom stereocenters. The number of nitrogens with one attached hydrogen (secondary N) is 2. The molecule has 2 N–H and O–H groups in total. The van der Waals surface area contributed by atoms with Gasteiger partial charge in [-0.25, -0.2) is 10.4 Å². The van der Waals surface area contributed by atoms with Gasteiger partial charge in [-0.2, -0.15) is 5.10 Å². The number of aromatic nitrogens is 2. The Morgan fingerprint density at radius 2 is 2.32 bits per heavy atom. The van der Waals surface area contributed by atoms with Crippen LogP contribution in [0.4, 0.5) is 5.95 Å². The maximum Gasteiger partial charge on any atom is 0.252 e. The lowest BCUT2D eigenvalue weighted by Gasteiger charge is -2.05. The highest BCUT2D eigenvalue weighted by atomic mass is 32.1. The molecule has 2 heterocycles. The van der Waals surface area contributed by atoms with Gasteiger partial charge in [-0.05, 0) is 29.9 Å². The van der Waals surface area contributed by atoms with Crippen molar-refractivity contribution < 1.29 is 0 Å². The van der Waals surface area contributed by atoms with Crippen LogP contribution in [0.25, 0.3) is 0 Å². The van der Waals surface area contributed by atoms with Crippen molar-refractivity contribution in [3.8, 4) is 0 Å². The Bertz CT molecular complexity index is 642. The molecule has 6 heteroatoms. The van der Waals surface area contributed by atoms with Crippen LogP contribution in [-0.2, 0) is 0 Å². The van der Waals surface area contributed by atoms with E-state index >= 15 is 0 Å². The summed E-state index contributed by atoms with van der Waals surface area (Å²) >= 11 is 1.61. The molecule has 0 radical (unpaired) electrons. The Balaban J connectivity index is 2.14. The van der Waals surface area contributed by atoms with Crippen LogP contribution in [0.15, 0.2) is 27.4 Å². The lowest BCUT2D eigenvalue weighted by Crippen LogP contribution is -2.12. The normalized spacial score (nSPS) is 11.4. The summed E-state index contributed by atoms with van der Waals surface area (Å²) in [5, 5.41) is 6.10. The number of hydrazone groups is 1. The van der Waals surface area contributed by atoms with Crippen LogP contribution in [0.5, 0.6) is 0 Å². The highest BCUT2D eigenvalue weighted by Gasteiger charge is 2.04. The molecule has 0 aliphatic carbocycles. The van der Waals surface area contributed by atoms with E-state index < -0.39 is 0 Å². The second-order valence-electron chi connectivity index (χ2n) is 4.51. The van der Waals surface area contributed by atoms with Gasteiger partial charge in [-0.3, -0.25) is 9.78 Å². The molecule has 19 heavy (non-hydrogen) atoms. The third kappa shape index (κ3) is 3.51. The maximum atomic E-state index is 11.5. The van der Waals surface area contributed by atoms with Crippen LogP contribution in [0.1, 0.15) is 35.9 Å². The van der Waals surface area contributed by atoms with Crippen LogP contribution >= 0.6 is 11.3 Å². The number of hydrogen-bond donors (Lipinski definition) is 2. The quantitative estimate of drug-likeness (QED) is 0.666. The average Bonchev–Trinajstić information content (AvgIpc) is 2.74. The van der Waals surface area contributed by atoms with Gasteiger partial charge in [0.15, 0.2) is 0 Å². The topological polar surface area (TPSA) is 70.1 Å². The fraction of sp³-hybridized carbons (Fsp3) is 0.308. The second kappa shape index (κ2) is 5.79. The number of rotatable bonds is 4. The second-order valence-corrected chi connectivity index (χ2v) is 5.46. The predicted molar refractivity (Wildman–Crippen MR) is 79.2 cm³/mol.